The van der Waals surface area contributed by atoms with E-state index in [2.05, 4.69) is 0 Å². The third kappa shape index (κ3) is 7.99. The summed E-state index contributed by atoms with van der Waals surface area (Å²) in [6.45, 7) is 5.38. The van der Waals surface area contributed by atoms with Gasteiger partial charge in [-0.2, -0.15) is 0 Å². The van der Waals surface area contributed by atoms with Gasteiger partial charge in [0.15, 0.2) is 11.6 Å². The molecule has 0 aromatic heterocycles. The maximum Gasteiger partial charge on any atom is 0.321 e. The fraction of sp³-hybridized carbons (Fsp3) is 0.647. The predicted octanol–water partition coefficient (Wildman–Crippen LogP) is 4.89. The van der Waals surface area contributed by atoms with E-state index in [0.717, 1.165) is 44.2 Å². The van der Waals surface area contributed by atoms with Crippen LogP contribution >= 0.6 is 0 Å². The summed E-state index contributed by atoms with van der Waals surface area (Å²) in [7, 11) is -1.49. The third-order valence-electron chi connectivity index (χ3n) is 3.68. The van der Waals surface area contributed by atoms with Gasteiger partial charge in [0.05, 0.1) is 0 Å². The molecule has 0 unspecified atom stereocenters. The number of benzene rings is 1. The van der Waals surface area contributed by atoms with Gasteiger partial charge in [0.2, 0.25) is 0 Å². The summed E-state index contributed by atoms with van der Waals surface area (Å²) in [6, 6.07) is 2.60. The second kappa shape index (κ2) is 11.6. The van der Waals surface area contributed by atoms with Crippen molar-refractivity contribution in [3.05, 3.63) is 35.1 Å². The van der Waals surface area contributed by atoms with Crippen molar-refractivity contribution in [2.24, 2.45) is 0 Å². The fourth-order valence-electron chi connectivity index (χ4n) is 2.50. The van der Waals surface area contributed by atoms with E-state index in [9.17, 15) is 13.2 Å². The van der Waals surface area contributed by atoms with E-state index in [1.807, 2.05) is 13.8 Å². The van der Waals surface area contributed by atoms with E-state index in [1.54, 1.807) is 0 Å². The average Bonchev–Trinajstić information content (AvgIpc) is 2.51. The zero-order valence-electron chi connectivity index (χ0n) is 14.0. The number of unbranched alkanes of at least 4 members (excludes halogenated alkanes) is 4. The molecule has 0 saturated heterocycles. The molecule has 132 valence electrons. The van der Waals surface area contributed by atoms with E-state index in [1.165, 1.54) is 0 Å². The first-order valence-corrected chi connectivity index (χ1v) is 10.2. The molecule has 0 aliphatic carbocycles. The second-order valence-electron chi connectivity index (χ2n) is 5.50. The molecule has 0 heterocycles. The topological polar surface area (TPSA) is 18.5 Å². The standard InChI is InChI=1S/C17H27F3O2Si/c1-3-21-23(22-4-2)11-9-7-5-6-8-10-14-12-16(19)17(20)13-15(14)18/h12-13,23H,3-11H2,1-2H3. The van der Waals surface area contributed by atoms with Crippen LogP contribution in [-0.2, 0) is 15.3 Å². The van der Waals surface area contributed by atoms with Crippen LogP contribution in [0.25, 0.3) is 0 Å². The van der Waals surface area contributed by atoms with Crippen LogP contribution in [0.15, 0.2) is 12.1 Å². The molecule has 1 aromatic carbocycles. The molecule has 23 heavy (non-hydrogen) atoms. The normalized spacial score (nSPS) is 11.4. The molecular formula is C17H27F3O2Si. The quantitative estimate of drug-likeness (QED) is 0.304. The van der Waals surface area contributed by atoms with Crippen LogP contribution < -0.4 is 0 Å². The molecule has 0 amide bonds. The molecule has 0 aliphatic rings. The van der Waals surface area contributed by atoms with Gasteiger partial charge < -0.3 is 8.85 Å². The lowest BCUT2D eigenvalue weighted by atomic mass is 10.0. The highest BCUT2D eigenvalue weighted by molar-refractivity contribution is 6.44. The summed E-state index contributed by atoms with van der Waals surface area (Å²) in [5.41, 5.74) is 0.254. The zero-order chi connectivity index (χ0) is 17.1. The van der Waals surface area contributed by atoms with Gasteiger partial charge in [-0.1, -0.05) is 25.7 Å². The Hall–Kier alpha value is -0.853. The van der Waals surface area contributed by atoms with Crippen molar-refractivity contribution >= 4 is 9.28 Å². The van der Waals surface area contributed by atoms with Gasteiger partial charge >= 0.3 is 9.28 Å². The Balaban J connectivity index is 2.15. The van der Waals surface area contributed by atoms with Crippen molar-refractivity contribution in [1.82, 2.24) is 0 Å². The van der Waals surface area contributed by atoms with Crippen molar-refractivity contribution in [3.63, 3.8) is 0 Å². The van der Waals surface area contributed by atoms with E-state index in [4.69, 9.17) is 8.85 Å². The maximum absolute atomic E-state index is 13.5. The smallest absolute Gasteiger partial charge is 0.321 e. The summed E-state index contributed by atoms with van der Waals surface area (Å²) < 4.78 is 50.6. The SMILES string of the molecule is CCO[SiH](CCCCCCCc1cc(F)c(F)cc1F)OCC. The summed E-state index contributed by atoms with van der Waals surface area (Å²) >= 11 is 0. The van der Waals surface area contributed by atoms with Gasteiger partial charge in [-0.3, -0.25) is 0 Å². The highest BCUT2D eigenvalue weighted by atomic mass is 28.3. The van der Waals surface area contributed by atoms with E-state index < -0.39 is 26.7 Å². The number of hydrogen-bond donors (Lipinski definition) is 0. The van der Waals surface area contributed by atoms with Crippen LogP contribution in [0, 0.1) is 17.5 Å². The van der Waals surface area contributed by atoms with Crippen LogP contribution in [0.2, 0.25) is 6.04 Å². The highest BCUT2D eigenvalue weighted by Gasteiger charge is 2.11. The summed E-state index contributed by atoms with van der Waals surface area (Å²) in [6.07, 6.45) is 5.39. The average molecular weight is 348 g/mol. The zero-order valence-corrected chi connectivity index (χ0v) is 15.2. The lowest BCUT2D eigenvalue weighted by Gasteiger charge is -2.14. The molecule has 1 rings (SSSR count). The molecule has 0 spiro atoms. The minimum atomic E-state index is -1.49. The molecule has 1 aromatic rings. The Morgan fingerprint density at radius 3 is 2.00 bits per heavy atom. The molecule has 0 radical (unpaired) electrons. The molecular weight excluding hydrogens is 321 g/mol. The Morgan fingerprint density at radius 2 is 1.35 bits per heavy atom. The van der Waals surface area contributed by atoms with Gasteiger partial charge in [-0.25, -0.2) is 13.2 Å². The number of halogens is 3. The molecule has 0 bridgehead atoms. The van der Waals surface area contributed by atoms with E-state index in [-0.39, 0.29) is 5.56 Å². The first-order valence-electron chi connectivity index (χ1n) is 8.45. The fourth-order valence-corrected chi connectivity index (χ4v) is 4.29. The van der Waals surface area contributed by atoms with Crippen molar-refractivity contribution in [2.45, 2.75) is 58.4 Å². The molecule has 0 N–H and O–H groups in total. The molecule has 0 fully saturated rings. The number of hydrogen-bond acceptors (Lipinski definition) is 2. The van der Waals surface area contributed by atoms with Crippen molar-refractivity contribution in [3.8, 4) is 0 Å². The van der Waals surface area contributed by atoms with Crippen molar-refractivity contribution in [2.75, 3.05) is 13.2 Å². The Bertz CT molecular complexity index is 452. The van der Waals surface area contributed by atoms with Crippen LogP contribution in [0.1, 0.15) is 51.5 Å². The Labute approximate surface area is 138 Å². The van der Waals surface area contributed by atoms with Gasteiger partial charge in [0, 0.05) is 19.3 Å². The van der Waals surface area contributed by atoms with E-state index >= 15 is 0 Å². The lowest BCUT2D eigenvalue weighted by Crippen LogP contribution is -2.22. The van der Waals surface area contributed by atoms with Crippen LogP contribution in [0.5, 0.6) is 0 Å². The van der Waals surface area contributed by atoms with Gasteiger partial charge in [-0.15, -0.1) is 0 Å². The van der Waals surface area contributed by atoms with Crippen LogP contribution in [0.4, 0.5) is 13.2 Å². The Morgan fingerprint density at radius 1 is 0.783 bits per heavy atom. The lowest BCUT2D eigenvalue weighted by molar-refractivity contribution is 0.212. The van der Waals surface area contributed by atoms with Crippen LogP contribution in [-0.4, -0.2) is 22.5 Å². The summed E-state index contributed by atoms with van der Waals surface area (Å²) in [5.74, 6) is -2.77. The second-order valence-corrected chi connectivity index (χ2v) is 7.61. The van der Waals surface area contributed by atoms with Gasteiger partial charge in [-0.05, 0) is 44.4 Å². The first-order chi connectivity index (χ1) is 11.1. The summed E-state index contributed by atoms with van der Waals surface area (Å²) in [5, 5.41) is 0. The molecule has 2 nitrogen and oxygen atoms in total. The molecule has 0 atom stereocenters. The largest absolute Gasteiger partial charge is 0.397 e. The summed E-state index contributed by atoms with van der Waals surface area (Å²) in [4.78, 5) is 0. The molecule has 0 saturated carbocycles. The minimum Gasteiger partial charge on any atom is -0.397 e. The maximum atomic E-state index is 13.5. The molecule has 0 aliphatic heterocycles. The number of rotatable bonds is 12. The van der Waals surface area contributed by atoms with Crippen molar-refractivity contribution < 1.29 is 22.0 Å². The highest BCUT2D eigenvalue weighted by Crippen LogP contribution is 2.17. The minimum absolute atomic E-state index is 0.254. The van der Waals surface area contributed by atoms with Crippen molar-refractivity contribution in [1.29, 1.82) is 0 Å². The predicted molar refractivity (Wildman–Crippen MR) is 88.3 cm³/mol. The molecule has 6 heteroatoms. The number of aryl methyl sites for hydroxylation is 1. The Kier molecular flexibility index (Phi) is 10.2. The van der Waals surface area contributed by atoms with Gasteiger partial charge in [0.1, 0.15) is 5.82 Å². The third-order valence-corrected chi connectivity index (χ3v) is 5.97. The first kappa shape index (κ1) is 20.2. The van der Waals surface area contributed by atoms with Gasteiger partial charge in [0.25, 0.3) is 0 Å². The monoisotopic (exact) mass is 348 g/mol. The van der Waals surface area contributed by atoms with Crippen LogP contribution in [0.3, 0.4) is 0 Å². The van der Waals surface area contributed by atoms with E-state index in [0.29, 0.717) is 25.7 Å².